The molecule has 0 saturated carbocycles. The molecule has 0 N–H and O–H groups in total. The Hall–Kier alpha value is -1.90. The van der Waals surface area contributed by atoms with Gasteiger partial charge < -0.3 is 0 Å². The second-order valence-corrected chi connectivity index (χ2v) is 5.40. The van der Waals surface area contributed by atoms with Crippen molar-refractivity contribution in [2.75, 3.05) is 0 Å². The van der Waals surface area contributed by atoms with Gasteiger partial charge in [0.15, 0.2) is 0 Å². The fourth-order valence-corrected chi connectivity index (χ4v) is 2.42. The molecule has 0 aliphatic heterocycles. The Labute approximate surface area is 120 Å². The molecule has 1 aromatic heterocycles. The first-order chi connectivity index (χ1) is 9.49. The standard InChI is InChI=1S/C17H22N2O/c1-5-19-16(9-14(4)18-19)11-17(20)10-15-7-6-12(2)13(3)8-15/h6-9H,5,10-11H2,1-4H3. The van der Waals surface area contributed by atoms with Crippen molar-refractivity contribution in [3.05, 3.63) is 52.3 Å². The molecule has 0 aliphatic carbocycles. The molecule has 0 unspecified atom stereocenters. The predicted octanol–water partition coefficient (Wildman–Crippen LogP) is 3.18. The van der Waals surface area contributed by atoms with Crippen molar-refractivity contribution in [1.82, 2.24) is 9.78 Å². The number of aryl methyl sites for hydroxylation is 4. The molecule has 0 aliphatic rings. The van der Waals surface area contributed by atoms with Gasteiger partial charge in [-0.15, -0.1) is 0 Å². The zero-order valence-corrected chi connectivity index (χ0v) is 12.7. The smallest absolute Gasteiger partial charge is 0.143 e. The first-order valence-electron chi connectivity index (χ1n) is 7.10. The Morgan fingerprint density at radius 1 is 1.10 bits per heavy atom. The van der Waals surface area contributed by atoms with E-state index in [4.69, 9.17) is 0 Å². The number of rotatable bonds is 5. The molecule has 2 rings (SSSR count). The fourth-order valence-electron chi connectivity index (χ4n) is 2.42. The van der Waals surface area contributed by atoms with E-state index >= 15 is 0 Å². The lowest BCUT2D eigenvalue weighted by atomic mass is 10.0. The summed E-state index contributed by atoms with van der Waals surface area (Å²) in [5, 5.41) is 4.38. The molecule has 3 heteroatoms. The molecule has 0 saturated heterocycles. The Morgan fingerprint density at radius 3 is 2.50 bits per heavy atom. The molecule has 0 bridgehead atoms. The van der Waals surface area contributed by atoms with Crippen LogP contribution in [0.5, 0.6) is 0 Å². The van der Waals surface area contributed by atoms with Crippen LogP contribution in [0.2, 0.25) is 0 Å². The first-order valence-corrected chi connectivity index (χ1v) is 7.10. The van der Waals surface area contributed by atoms with E-state index in [1.54, 1.807) is 0 Å². The molecule has 20 heavy (non-hydrogen) atoms. The molecular weight excluding hydrogens is 248 g/mol. The number of aromatic nitrogens is 2. The highest BCUT2D eigenvalue weighted by Crippen LogP contribution is 2.12. The van der Waals surface area contributed by atoms with Crippen molar-refractivity contribution in [1.29, 1.82) is 0 Å². The maximum atomic E-state index is 12.2. The van der Waals surface area contributed by atoms with Crippen molar-refractivity contribution in [3.8, 4) is 0 Å². The lowest BCUT2D eigenvalue weighted by Crippen LogP contribution is -2.11. The topological polar surface area (TPSA) is 34.9 Å². The number of ketones is 1. The van der Waals surface area contributed by atoms with Crippen molar-refractivity contribution < 1.29 is 4.79 Å². The third kappa shape index (κ3) is 3.35. The van der Waals surface area contributed by atoms with E-state index in [0.29, 0.717) is 12.8 Å². The van der Waals surface area contributed by atoms with Gasteiger partial charge in [0.25, 0.3) is 0 Å². The maximum Gasteiger partial charge on any atom is 0.143 e. The Morgan fingerprint density at radius 2 is 1.85 bits per heavy atom. The summed E-state index contributed by atoms with van der Waals surface area (Å²) in [5.74, 6) is 0.239. The highest BCUT2D eigenvalue weighted by atomic mass is 16.1. The van der Waals surface area contributed by atoms with Gasteiger partial charge in [-0.05, 0) is 50.5 Å². The molecule has 0 fully saturated rings. The summed E-state index contributed by atoms with van der Waals surface area (Å²) in [7, 11) is 0. The molecule has 106 valence electrons. The van der Waals surface area contributed by atoms with Crippen LogP contribution in [0.3, 0.4) is 0 Å². The second kappa shape index (κ2) is 6.04. The molecule has 3 nitrogen and oxygen atoms in total. The van der Waals surface area contributed by atoms with Gasteiger partial charge in [0.05, 0.1) is 5.69 Å². The zero-order chi connectivity index (χ0) is 14.7. The van der Waals surface area contributed by atoms with Gasteiger partial charge >= 0.3 is 0 Å². The van der Waals surface area contributed by atoms with Crippen LogP contribution in [0.4, 0.5) is 0 Å². The van der Waals surface area contributed by atoms with E-state index < -0.39 is 0 Å². The lowest BCUT2D eigenvalue weighted by Gasteiger charge is -2.06. The van der Waals surface area contributed by atoms with Crippen molar-refractivity contribution in [2.24, 2.45) is 0 Å². The highest BCUT2D eigenvalue weighted by Gasteiger charge is 2.10. The Balaban J connectivity index is 2.06. The third-order valence-corrected chi connectivity index (χ3v) is 3.64. The normalized spacial score (nSPS) is 10.8. The van der Waals surface area contributed by atoms with Crippen LogP contribution in [0.25, 0.3) is 0 Å². The van der Waals surface area contributed by atoms with E-state index in [1.807, 2.05) is 30.7 Å². The molecule has 2 aromatic rings. The molecular formula is C17H22N2O. The minimum Gasteiger partial charge on any atom is -0.299 e. The van der Waals surface area contributed by atoms with Crippen molar-refractivity contribution in [2.45, 2.75) is 47.1 Å². The predicted molar refractivity (Wildman–Crippen MR) is 81.0 cm³/mol. The summed E-state index contributed by atoms with van der Waals surface area (Å²) in [4.78, 5) is 12.2. The first kappa shape index (κ1) is 14.5. The summed E-state index contributed by atoms with van der Waals surface area (Å²) < 4.78 is 1.91. The van der Waals surface area contributed by atoms with Gasteiger partial charge in [0.1, 0.15) is 5.78 Å². The van der Waals surface area contributed by atoms with Gasteiger partial charge in [-0.2, -0.15) is 5.10 Å². The number of benzene rings is 1. The average molecular weight is 270 g/mol. The lowest BCUT2D eigenvalue weighted by molar-refractivity contribution is -0.117. The van der Waals surface area contributed by atoms with Crippen molar-refractivity contribution >= 4 is 5.78 Å². The van der Waals surface area contributed by atoms with E-state index in [9.17, 15) is 4.79 Å². The van der Waals surface area contributed by atoms with E-state index in [-0.39, 0.29) is 5.78 Å². The zero-order valence-electron chi connectivity index (χ0n) is 12.7. The van der Waals surface area contributed by atoms with Crippen LogP contribution in [0.15, 0.2) is 24.3 Å². The van der Waals surface area contributed by atoms with Gasteiger partial charge in [-0.1, -0.05) is 18.2 Å². The van der Waals surface area contributed by atoms with Gasteiger partial charge in [-0.3, -0.25) is 9.48 Å². The van der Waals surface area contributed by atoms with Crippen LogP contribution in [-0.2, 0) is 24.2 Å². The summed E-state index contributed by atoms with van der Waals surface area (Å²) in [5.41, 5.74) is 5.59. The van der Waals surface area contributed by atoms with Gasteiger partial charge in [-0.25, -0.2) is 0 Å². The van der Waals surface area contributed by atoms with Crippen LogP contribution < -0.4 is 0 Å². The summed E-state index contributed by atoms with van der Waals surface area (Å²) in [6.45, 7) is 8.98. The van der Waals surface area contributed by atoms with Crippen LogP contribution in [0.1, 0.15) is 35.0 Å². The average Bonchev–Trinajstić information content (AvgIpc) is 2.74. The molecule has 0 amide bonds. The molecule has 0 atom stereocenters. The Kier molecular flexibility index (Phi) is 4.38. The number of hydrogen-bond acceptors (Lipinski definition) is 2. The van der Waals surface area contributed by atoms with Crippen LogP contribution in [-0.4, -0.2) is 15.6 Å². The number of nitrogens with zero attached hydrogens (tertiary/aromatic N) is 2. The molecule has 0 radical (unpaired) electrons. The number of hydrogen-bond donors (Lipinski definition) is 0. The molecule has 0 spiro atoms. The summed E-state index contributed by atoms with van der Waals surface area (Å²) in [6, 6.07) is 8.23. The molecule has 1 aromatic carbocycles. The van der Waals surface area contributed by atoms with Crippen LogP contribution in [0, 0.1) is 20.8 Å². The number of carbonyl (C=O) groups is 1. The second-order valence-electron chi connectivity index (χ2n) is 5.40. The minimum absolute atomic E-state index is 0.239. The van der Waals surface area contributed by atoms with Crippen LogP contribution >= 0.6 is 0 Å². The van der Waals surface area contributed by atoms with Gasteiger partial charge in [0, 0.05) is 25.1 Å². The quantitative estimate of drug-likeness (QED) is 0.836. The van der Waals surface area contributed by atoms with E-state index in [2.05, 4.69) is 31.1 Å². The summed E-state index contributed by atoms with van der Waals surface area (Å²) in [6.07, 6.45) is 0.955. The van der Waals surface area contributed by atoms with E-state index in [1.165, 1.54) is 11.1 Å². The monoisotopic (exact) mass is 270 g/mol. The fraction of sp³-hybridized carbons (Fsp3) is 0.412. The maximum absolute atomic E-state index is 12.2. The number of carbonyl (C=O) groups excluding carboxylic acids is 1. The minimum atomic E-state index is 0.239. The third-order valence-electron chi connectivity index (χ3n) is 3.64. The number of Topliss-reactive ketones (excluding diaryl/α,β-unsaturated/α-hetero) is 1. The largest absolute Gasteiger partial charge is 0.299 e. The molecule has 1 heterocycles. The summed E-state index contributed by atoms with van der Waals surface area (Å²) >= 11 is 0. The van der Waals surface area contributed by atoms with E-state index in [0.717, 1.165) is 23.5 Å². The SMILES string of the molecule is CCn1nc(C)cc1CC(=O)Cc1ccc(C)c(C)c1. The Bertz CT molecular complexity index is 626. The van der Waals surface area contributed by atoms with Gasteiger partial charge in [0.2, 0.25) is 0 Å². The highest BCUT2D eigenvalue weighted by molar-refractivity contribution is 5.82. The van der Waals surface area contributed by atoms with Crippen molar-refractivity contribution in [3.63, 3.8) is 0 Å².